The van der Waals surface area contributed by atoms with E-state index >= 15 is 0 Å². The lowest BCUT2D eigenvalue weighted by atomic mass is 10.2. The summed E-state index contributed by atoms with van der Waals surface area (Å²) in [6.07, 6.45) is 1.67. The zero-order valence-electron chi connectivity index (χ0n) is 11.4. The molecule has 3 aromatic rings. The number of rotatable bonds is 3. The Balaban J connectivity index is 2.21. The van der Waals surface area contributed by atoms with E-state index in [0.29, 0.717) is 11.4 Å². The minimum absolute atomic E-state index is 0.00263. The van der Waals surface area contributed by atoms with Crippen molar-refractivity contribution in [3.05, 3.63) is 66.0 Å². The molecular formula is C16H13N3O2. The van der Waals surface area contributed by atoms with E-state index in [0.717, 1.165) is 11.3 Å². The highest BCUT2D eigenvalue weighted by Crippen LogP contribution is 2.22. The third-order valence-corrected chi connectivity index (χ3v) is 3.10. The van der Waals surface area contributed by atoms with Crippen LogP contribution in [-0.2, 0) is 0 Å². The molecule has 0 bridgehead atoms. The van der Waals surface area contributed by atoms with E-state index in [1.54, 1.807) is 10.9 Å². The molecule has 0 saturated carbocycles. The fourth-order valence-electron chi connectivity index (χ4n) is 2.14. The molecule has 1 aromatic carbocycles. The van der Waals surface area contributed by atoms with Crippen LogP contribution >= 0.6 is 0 Å². The van der Waals surface area contributed by atoms with Crippen LogP contribution in [0.3, 0.4) is 0 Å². The van der Waals surface area contributed by atoms with Crippen LogP contribution in [0.1, 0.15) is 16.1 Å². The number of hydrogen-bond donors (Lipinski definition) is 1. The molecule has 0 unspecified atom stereocenters. The monoisotopic (exact) mass is 279 g/mol. The van der Waals surface area contributed by atoms with Gasteiger partial charge >= 0.3 is 5.97 Å². The van der Waals surface area contributed by atoms with E-state index in [-0.39, 0.29) is 5.69 Å². The number of aromatic carboxylic acids is 1. The van der Waals surface area contributed by atoms with Crippen LogP contribution in [0.2, 0.25) is 0 Å². The van der Waals surface area contributed by atoms with Crippen LogP contribution in [0, 0.1) is 6.92 Å². The number of carboxylic acid groups (broad SMARTS) is 1. The second kappa shape index (κ2) is 5.20. The molecule has 21 heavy (non-hydrogen) atoms. The average molecular weight is 279 g/mol. The van der Waals surface area contributed by atoms with Crippen molar-refractivity contribution < 1.29 is 9.90 Å². The van der Waals surface area contributed by atoms with Crippen molar-refractivity contribution in [2.24, 2.45) is 0 Å². The van der Waals surface area contributed by atoms with Gasteiger partial charge in [0.05, 0.1) is 17.1 Å². The van der Waals surface area contributed by atoms with Crippen molar-refractivity contribution in [2.75, 3.05) is 0 Å². The fourth-order valence-corrected chi connectivity index (χ4v) is 2.14. The molecule has 0 radical (unpaired) electrons. The van der Waals surface area contributed by atoms with Crippen LogP contribution < -0.4 is 0 Å². The molecule has 2 heterocycles. The van der Waals surface area contributed by atoms with Gasteiger partial charge in [-0.15, -0.1) is 0 Å². The molecule has 0 saturated heterocycles. The molecular weight excluding hydrogens is 266 g/mol. The lowest BCUT2D eigenvalue weighted by Gasteiger charge is -2.07. The Labute approximate surface area is 121 Å². The Hall–Kier alpha value is -2.95. The Kier molecular flexibility index (Phi) is 3.23. The van der Waals surface area contributed by atoms with Crippen LogP contribution in [0.4, 0.5) is 0 Å². The molecule has 0 amide bonds. The van der Waals surface area contributed by atoms with Gasteiger partial charge in [-0.25, -0.2) is 9.48 Å². The maximum absolute atomic E-state index is 11.2. The lowest BCUT2D eigenvalue weighted by molar-refractivity contribution is 0.0690. The third-order valence-electron chi connectivity index (χ3n) is 3.10. The number of benzene rings is 1. The van der Waals surface area contributed by atoms with Gasteiger partial charge in [0.2, 0.25) is 0 Å². The van der Waals surface area contributed by atoms with Gasteiger partial charge in [-0.3, -0.25) is 4.98 Å². The highest BCUT2D eigenvalue weighted by atomic mass is 16.4. The summed E-state index contributed by atoms with van der Waals surface area (Å²) in [7, 11) is 0. The van der Waals surface area contributed by atoms with Gasteiger partial charge in [-0.05, 0) is 36.8 Å². The van der Waals surface area contributed by atoms with E-state index in [4.69, 9.17) is 0 Å². The Morgan fingerprint density at radius 1 is 1.14 bits per heavy atom. The molecule has 0 fully saturated rings. The van der Waals surface area contributed by atoms with Crippen molar-refractivity contribution in [1.29, 1.82) is 0 Å². The third kappa shape index (κ3) is 2.53. The van der Waals surface area contributed by atoms with E-state index < -0.39 is 5.97 Å². The van der Waals surface area contributed by atoms with Crippen molar-refractivity contribution in [3.63, 3.8) is 0 Å². The zero-order valence-corrected chi connectivity index (χ0v) is 11.4. The minimum atomic E-state index is -1.06. The average Bonchev–Trinajstić information content (AvgIpc) is 2.93. The Morgan fingerprint density at radius 3 is 2.67 bits per heavy atom. The summed E-state index contributed by atoms with van der Waals surface area (Å²) in [5, 5.41) is 13.3. The lowest BCUT2D eigenvalue weighted by Crippen LogP contribution is -2.02. The molecule has 0 spiro atoms. The topological polar surface area (TPSA) is 68.0 Å². The zero-order chi connectivity index (χ0) is 14.8. The summed E-state index contributed by atoms with van der Waals surface area (Å²) in [6.45, 7) is 1.98. The molecule has 0 aliphatic heterocycles. The van der Waals surface area contributed by atoms with Gasteiger partial charge < -0.3 is 5.11 Å². The predicted molar refractivity (Wildman–Crippen MR) is 78.5 cm³/mol. The van der Waals surface area contributed by atoms with Gasteiger partial charge in [0.1, 0.15) is 0 Å². The summed E-state index contributed by atoms with van der Waals surface area (Å²) in [4.78, 5) is 15.5. The molecule has 3 rings (SSSR count). The van der Waals surface area contributed by atoms with Gasteiger partial charge in [-0.1, -0.05) is 18.2 Å². The SMILES string of the molecule is Cc1cccc(-n2nc(C(=O)O)cc2-c2ccccn2)c1. The molecule has 0 aliphatic rings. The largest absolute Gasteiger partial charge is 0.476 e. The first-order valence-electron chi connectivity index (χ1n) is 6.47. The number of pyridine rings is 1. The van der Waals surface area contributed by atoms with E-state index in [2.05, 4.69) is 10.1 Å². The summed E-state index contributed by atoms with van der Waals surface area (Å²) in [5.41, 5.74) is 3.21. The summed E-state index contributed by atoms with van der Waals surface area (Å²) >= 11 is 0. The van der Waals surface area contributed by atoms with E-state index in [1.165, 1.54) is 6.07 Å². The van der Waals surface area contributed by atoms with Gasteiger partial charge in [0.15, 0.2) is 5.69 Å². The molecule has 0 atom stereocenters. The van der Waals surface area contributed by atoms with Gasteiger partial charge in [0, 0.05) is 12.3 Å². The van der Waals surface area contributed by atoms with Crippen molar-refractivity contribution in [1.82, 2.24) is 14.8 Å². The Morgan fingerprint density at radius 2 is 2.00 bits per heavy atom. The fraction of sp³-hybridized carbons (Fsp3) is 0.0625. The van der Waals surface area contributed by atoms with Gasteiger partial charge in [-0.2, -0.15) is 5.10 Å². The number of carbonyl (C=O) groups is 1. The number of hydrogen-bond acceptors (Lipinski definition) is 3. The molecule has 1 N–H and O–H groups in total. The smallest absolute Gasteiger partial charge is 0.356 e. The van der Waals surface area contributed by atoms with Crippen LogP contribution in [0.15, 0.2) is 54.7 Å². The van der Waals surface area contributed by atoms with Crippen LogP contribution in [0.25, 0.3) is 17.1 Å². The molecule has 104 valence electrons. The van der Waals surface area contributed by atoms with Crippen molar-refractivity contribution >= 4 is 5.97 Å². The minimum Gasteiger partial charge on any atom is -0.476 e. The van der Waals surface area contributed by atoms with Gasteiger partial charge in [0.25, 0.3) is 0 Å². The maximum atomic E-state index is 11.2. The molecule has 5 heteroatoms. The van der Waals surface area contributed by atoms with E-state index in [1.807, 2.05) is 49.4 Å². The number of nitrogens with zero attached hydrogens (tertiary/aromatic N) is 3. The number of aromatic nitrogens is 3. The predicted octanol–water partition coefficient (Wildman–Crippen LogP) is 2.94. The molecule has 0 aliphatic carbocycles. The van der Waals surface area contributed by atoms with Crippen molar-refractivity contribution in [3.8, 4) is 17.1 Å². The first-order chi connectivity index (χ1) is 10.1. The quantitative estimate of drug-likeness (QED) is 0.800. The highest BCUT2D eigenvalue weighted by Gasteiger charge is 2.16. The first kappa shape index (κ1) is 13.1. The number of carboxylic acids is 1. The standard InChI is InChI=1S/C16H13N3O2/c1-11-5-4-6-12(9-11)19-15(10-14(18-19)16(20)21)13-7-2-3-8-17-13/h2-10H,1H3,(H,20,21). The summed E-state index contributed by atoms with van der Waals surface area (Å²) in [6, 6.07) is 14.8. The molecule has 2 aromatic heterocycles. The summed E-state index contributed by atoms with van der Waals surface area (Å²) < 4.78 is 1.61. The first-order valence-corrected chi connectivity index (χ1v) is 6.47. The summed E-state index contributed by atoms with van der Waals surface area (Å²) in [5.74, 6) is -1.06. The molecule has 5 nitrogen and oxygen atoms in total. The number of aryl methyl sites for hydroxylation is 1. The van der Waals surface area contributed by atoms with E-state index in [9.17, 15) is 9.90 Å². The second-order valence-corrected chi connectivity index (χ2v) is 4.69. The van der Waals surface area contributed by atoms with Crippen LogP contribution in [-0.4, -0.2) is 25.8 Å². The van der Waals surface area contributed by atoms with Crippen LogP contribution in [0.5, 0.6) is 0 Å². The maximum Gasteiger partial charge on any atom is 0.356 e. The second-order valence-electron chi connectivity index (χ2n) is 4.69. The highest BCUT2D eigenvalue weighted by molar-refractivity contribution is 5.87. The Bertz CT molecular complexity index is 794. The van der Waals surface area contributed by atoms with Crippen molar-refractivity contribution in [2.45, 2.75) is 6.92 Å². The normalized spacial score (nSPS) is 10.5.